The smallest absolute Gasteiger partial charge is 0.546 e. The third kappa shape index (κ3) is 10.5. The van der Waals surface area contributed by atoms with Gasteiger partial charge in [0.25, 0.3) is 0 Å². The Hall–Kier alpha value is -9.16. The number of primary amides is 2. The van der Waals surface area contributed by atoms with E-state index in [0.29, 0.717) is 52.8 Å². The van der Waals surface area contributed by atoms with Gasteiger partial charge in [0, 0.05) is 62.9 Å². The average molecular weight is 1170 g/mol. The number of para-hydroxylation sites is 2. The number of carboxylic acid groups (broad SMARTS) is 2. The van der Waals surface area contributed by atoms with Crippen LogP contribution in [0.1, 0.15) is 71.7 Å². The second kappa shape index (κ2) is 23.8. The van der Waals surface area contributed by atoms with Gasteiger partial charge >= 0.3 is 35.5 Å². The number of nitrogens with zero attached hydrogens (tertiary/aromatic N) is 5. The molecule has 7 aromatic heterocycles. The molecule has 85 heavy (non-hydrogen) atoms. The number of thiophene rings is 2. The van der Waals surface area contributed by atoms with Crippen LogP contribution in [0.25, 0.3) is 86.1 Å². The molecule has 5 N–H and O–H groups in total. The van der Waals surface area contributed by atoms with Crippen LogP contribution in [-0.2, 0) is 37.3 Å². The molecule has 0 unspecified atom stereocenters. The van der Waals surface area contributed by atoms with E-state index in [4.69, 9.17) is 26.2 Å². The first-order valence-corrected chi connectivity index (χ1v) is 29.2. The fourth-order valence-corrected chi connectivity index (χ4v) is 13.7. The third-order valence-corrected chi connectivity index (χ3v) is 17.3. The third-order valence-electron chi connectivity index (χ3n) is 15.7. The molecule has 0 saturated heterocycles. The average Bonchev–Trinajstić information content (AvgIpc) is 1.84. The van der Waals surface area contributed by atoms with Crippen LogP contribution < -0.4 is 50.9 Å². The van der Waals surface area contributed by atoms with E-state index in [-0.39, 0.29) is 29.6 Å². The number of ether oxygens (including phenoxy) is 1. The van der Waals surface area contributed by atoms with Crippen LogP contribution in [0.4, 0.5) is 0 Å². The van der Waals surface area contributed by atoms with Gasteiger partial charge in [-0.05, 0) is 107 Å². The van der Waals surface area contributed by atoms with Crippen LogP contribution >= 0.6 is 22.7 Å². The summed E-state index contributed by atoms with van der Waals surface area (Å²) in [6.45, 7) is 1.39. The van der Waals surface area contributed by atoms with Crippen molar-refractivity contribution in [3.63, 3.8) is 0 Å². The number of aromatic nitrogens is 5. The molecule has 17 heteroatoms. The van der Waals surface area contributed by atoms with Gasteiger partial charge in [-0.2, -0.15) is 0 Å². The number of hydrogen-bond donors (Lipinski definition) is 3. The summed E-state index contributed by atoms with van der Waals surface area (Å²) in [5.74, 6) is -2.61. The molecule has 414 valence electrons. The van der Waals surface area contributed by atoms with Gasteiger partial charge in [0.1, 0.15) is 33.3 Å². The van der Waals surface area contributed by atoms with Crippen LogP contribution in [0.15, 0.2) is 187 Å². The fourth-order valence-electron chi connectivity index (χ4n) is 12.1. The number of rotatable bonds is 12. The summed E-state index contributed by atoms with van der Waals surface area (Å²) in [5.41, 5.74) is 23.8. The van der Waals surface area contributed by atoms with Crippen molar-refractivity contribution >= 4 is 133 Å². The minimum atomic E-state index is -1.28. The number of carbonyl (C=O) groups excluding carboxylic acids is 3. The maximum atomic E-state index is 12.4. The van der Waals surface area contributed by atoms with Gasteiger partial charge in [0.2, 0.25) is 11.8 Å². The number of carboxylic acids is 2. The molecule has 0 fully saturated rings. The quantitative estimate of drug-likeness (QED) is 0.0992. The van der Waals surface area contributed by atoms with E-state index in [9.17, 15) is 29.4 Å². The molecule has 0 aliphatic heterocycles. The molecule has 0 radical (unpaired) electrons. The maximum Gasteiger partial charge on any atom is 1.00 e. The SMILES string of the molecule is NC(=O)c1c2ccsc2nc2c1c1ccccc1n2Cc1ccccc1.NC(=O)c1cccc2c1c1c(OCC(=O)[O-])c3c(cc1n2Cc1ccccc1)CCCC3.O=C(O)c1c2ccsc2nc2c1c1ccccc1n2Cc1ccccc1.[Na+]. The minimum absolute atomic E-state index is 0. The number of aliphatic carboxylic acids is 1. The monoisotopic (exact) mass is 1170 g/mol. The number of amides is 2. The first-order chi connectivity index (χ1) is 41.0. The summed E-state index contributed by atoms with van der Waals surface area (Å²) in [7, 11) is 0. The minimum Gasteiger partial charge on any atom is -0.546 e. The number of benzene rings is 7. The second-order valence-electron chi connectivity index (χ2n) is 20.7. The predicted octanol–water partition coefficient (Wildman–Crippen LogP) is 9.66. The van der Waals surface area contributed by atoms with Gasteiger partial charge in [-0.15, -0.1) is 22.7 Å². The Morgan fingerprint density at radius 2 is 1.00 bits per heavy atom. The van der Waals surface area contributed by atoms with Crippen molar-refractivity contribution in [2.75, 3.05) is 6.61 Å². The van der Waals surface area contributed by atoms with E-state index < -0.39 is 30.4 Å². The van der Waals surface area contributed by atoms with Gasteiger partial charge in [0.05, 0.1) is 44.5 Å². The molecule has 7 heterocycles. The van der Waals surface area contributed by atoms with Crippen molar-refractivity contribution in [3.05, 3.63) is 231 Å². The van der Waals surface area contributed by atoms with Crippen LogP contribution in [0, 0.1) is 0 Å². The second-order valence-corrected chi connectivity index (χ2v) is 22.5. The van der Waals surface area contributed by atoms with Gasteiger partial charge in [-0.25, -0.2) is 14.8 Å². The van der Waals surface area contributed by atoms with E-state index >= 15 is 0 Å². The largest absolute Gasteiger partial charge is 1.00 e. The fraction of sp³-hybridized carbons (Fsp3) is 0.118. The summed E-state index contributed by atoms with van der Waals surface area (Å²) in [6, 6.07) is 58.0. The van der Waals surface area contributed by atoms with E-state index in [1.54, 1.807) is 6.07 Å². The molecule has 0 bridgehead atoms. The Morgan fingerprint density at radius 1 is 0.518 bits per heavy atom. The summed E-state index contributed by atoms with van der Waals surface area (Å²) in [6.07, 6.45) is 3.79. The van der Waals surface area contributed by atoms with E-state index in [0.717, 1.165) is 123 Å². The summed E-state index contributed by atoms with van der Waals surface area (Å²) in [4.78, 5) is 59.4. The Labute approximate surface area is 516 Å². The zero-order valence-electron chi connectivity index (χ0n) is 46.2. The zero-order chi connectivity index (χ0) is 57.6. The van der Waals surface area contributed by atoms with Gasteiger partial charge < -0.3 is 44.9 Å². The predicted molar refractivity (Wildman–Crippen MR) is 332 cm³/mol. The van der Waals surface area contributed by atoms with E-state index in [2.05, 4.69) is 62.2 Å². The van der Waals surface area contributed by atoms with Gasteiger partial charge in [-0.3, -0.25) is 9.59 Å². The standard InChI is InChI=1S/C26H24N2O4.C21H15N3OS.C21H14N2O2S.Na/c27-26(31)19-11-6-12-20-23(19)24-21(28(20)14-16-7-2-1-3-8-16)13-17-9-4-5-10-18(17)25(24)32-15-22(29)30;22-19(25)17-15-10-11-26-21(15)23-20-18(17)14-8-4-5-9-16(14)24(20)12-13-6-2-1-3-7-13;24-21(25)18-15-10-11-26-20(15)22-19-17(18)14-8-4-5-9-16(14)23(19)12-13-6-2-1-3-7-13;/h1-3,6-8,11-13H,4-5,9-10,14-15H2,(H2,27,31)(H,29,30);1-11H,12H2,(H2,22,25);1-11H,12H2,(H,24,25);/q;;;+1/p-1. The Kier molecular flexibility index (Phi) is 15.8. The molecule has 0 saturated carbocycles. The van der Waals surface area contributed by atoms with Crippen molar-refractivity contribution in [2.45, 2.75) is 45.3 Å². The Bertz CT molecular complexity index is 4710. The van der Waals surface area contributed by atoms with Crippen LogP contribution in [0.3, 0.4) is 0 Å². The number of nitrogens with two attached hydrogens (primary N) is 2. The molecular weight excluding hydrogens is 1110 g/mol. The number of hydrogen-bond acceptors (Lipinski definition) is 10. The molecule has 0 atom stereocenters. The normalized spacial score (nSPS) is 12.0. The molecule has 7 aromatic carbocycles. The van der Waals surface area contributed by atoms with Crippen molar-refractivity contribution in [2.24, 2.45) is 11.5 Å². The molecule has 1 aliphatic carbocycles. The molecule has 2 amide bonds. The summed E-state index contributed by atoms with van der Waals surface area (Å²) >= 11 is 3.00. The molecule has 14 nitrogen and oxygen atoms in total. The van der Waals surface area contributed by atoms with Crippen molar-refractivity contribution in [1.29, 1.82) is 0 Å². The van der Waals surface area contributed by atoms with Gasteiger partial charge in [0.15, 0.2) is 0 Å². The first kappa shape index (κ1) is 56.3. The van der Waals surface area contributed by atoms with Crippen molar-refractivity contribution in [3.8, 4) is 5.75 Å². The number of carbonyl (C=O) groups is 4. The zero-order valence-corrected chi connectivity index (χ0v) is 49.8. The van der Waals surface area contributed by atoms with Crippen molar-refractivity contribution in [1.82, 2.24) is 23.7 Å². The van der Waals surface area contributed by atoms with E-state index in [1.807, 2.05) is 132 Å². The maximum absolute atomic E-state index is 12.4. The number of aryl methyl sites for hydroxylation is 1. The van der Waals surface area contributed by atoms with Crippen LogP contribution in [0.5, 0.6) is 5.75 Å². The molecule has 14 aromatic rings. The number of aromatic carboxylic acids is 1. The number of fused-ring (bicyclic) bond motifs is 12. The van der Waals surface area contributed by atoms with Crippen LogP contribution in [-0.4, -0.2) is 59.1 Å². The molecule has 1 aliphatic rings. The summed E-state index contributed by atoms with van der Waals surface area (Å²) in [5, 5.41) is 31.5. The van der Waals surface area contributed by atoms with Gasteiger partial charge in [-0.1, -0.05) is 133 Å². The van der Waals surface area contributed by atoms with Crippen molar-refractivity contribution < 1.29 is 63.7 Å². The topological polar surface area (TPSA) is 213 Å². The van der Waals surface area contributed by atoms with Crippen LogP contribution in [0.2, 0.25) is 0 Å². The number of pyridine rings is 2. The van der Waals surface area contributed by atoms with E-state index in [1.165, 1.54) is 28.2 Å². The summed E-state index contributed by atoms with van der Waals surface area (Å²) < 4.78 is 12.3. The molecule has 15 rings (SSSR count). The molecule has 0 spiro atoms. The Balaban J connectivity index is 0.000000125. The first-order valence-electron chi connectivity index (χ1n) is 27.5. The Morgan fingerprint density at radius 3 is 1.52 bits per heavy atom. The molecular formula is C68H52N7NaO7S2.